The number of anilines is 1. The maximum Gasteiger partial charge on any atom is 0.279 e. The van der Waals surface area contributed by atoms with E-state index in [2.05, 4.69) is 21.0 Å². The Kier molecular flexibility index (Phi) is 7.90. The number of aromatic nitrogens is 2. The highest BCUT2D eigenvalue weighted by Gasteiger charge is 2.33. The summed E-state index contributed by atoms with van der Waals surface area (Å²) < 4.78 is 43.4. The number of nitrogens with zero attached hydrogens (tertiary/aromatic N) is 3. The maximum atomic E-state index is 14.6. The van der Waals surface area contributed by atoms with Crippen molar-refractivity contribution in [2.45, 2.75) is 32.1 Å². The summed E-state index contributed by atoms with van der Waals surface area (Å²) in [6.45, 7) is 4.02. The molecule has 4 rings (SSSR count). The van der Waals surface area contributed by atoms with Crippen LogP contribution in [0.4, 0.5) is 18.9 Å². The average Bonchev–Trinajstić information content (AvgIpc) is 3.11. The van der Waals surface area contributed by atoms with Crippen LogP contribution in [0.5, 0.6) is 0 Å². The van der Waals surface area contributed by atoms with Crippen molar-refractivity contribution in [1.29, 1.82) is 0 Å². The molecule has 1 amide bonds. The van der Waals surface area contributed by atoms with E-state index in [1.165, 1.54) is 27.8 Å². The molecule has 10 heteroatoms. The van der Waals surface area contributed by atoms with Crippen molar-refractivity contribution in [2.75, 3.05) is 11.4 Å². The molecule has 0 aliphatic carbocycles. The second-order valence-electron chi connectivity index (χ2n) is 6.74. The summed E-state index contributed by atoms with van der Waals surface area (Å²) in [6, 6.07) is 6.82. The van der Waals surface area contributed by atoms with Crippen molar-refractivity contribution < 1.29 is 18.0 Å². The lowest BCUT2D eigenvalue weighted by molar-refractivity contribution is 0.0974. The fourth-order valence-corrected chi connectivity index (χ4v) is 4.24. The minimum Gasteiger partial charge on any atom is -0.304 e. The van der Waals surface area contributed by atoms with Gasteiger partial charge in [0.2, 0.25) is 0 Å². The lowest BCUT2D eigenvalue weighted by Gasteiger charge is -2.27. The first kappa shape index (κ1) is 24.6. The van der Waals surface area contributed by atoms with Crippen molar-refractivity contribution in [1.82, 2.24) is 9.78 Å². The van der Waals surface area contributed by atoms with E-state index in [1.54, 1.807) is 6.07 Å². The van der Waals surface area contributed by atoms with Crippen molar-refractivity contribution >= 4 is 50.7 Å². The normalized spacial score (nSPS) is 13.0. The lowest BCUT2D eigenvalue weighted by atomic mass is 10.1. The Hall–Kier alpha value is -2.03. The number of hydrogen-bond acceptors (Lipinski definition) is 2. The number of halogens is 6. The number of carbonyl (C=O) groups excluding carboxylic acids is 1. The van der Waals surface area contributed by atoms with Gasteiger partial charge in [0.15, 0.2) is 23.1 Å². The van der Waals surface area contributed by atoms with Crippen LogP contribution in [0.1, 0.15) is 41.0 Å². The Morgan fingerprint density at radius 1 is 1.12 bits per heavy atom. The van der Waals surface area contributed by atoms with Gasteiger partial charge in [0.1, 0.15) is 5.15 Å². The Labute approximate surface area is 202 Å². The van der Waals surface area contributed by atoms with Gasteiger partial charge in [-0.25, -0.2) is 17.9 Å². The molecule has 1 aliphatic rings. The van der Waals surface area contributed by atoms with Crippen molar-refractivity contribution in [3.8, 4) is 0 Å². The van der Waals surface area contributed by atoms with Crippen LogP contribution in [0.3, 0.4) is 0 Å². The summed E-state index contributed by atoms with van der Waals surface area (Å²) in [7, 11) is 0. The molecule has 1 aromatic heterocycles. The van der Waals surface area contributed by atoms with Gasteiger partial charge in [-0.2, -0.15) is 5.10 Å². The number of hydrogen-bond donors (Lipinski definition) is 0. The maximum absolute atomic E-state index is 14.6. The number of amides is 1. The third-order valence-electron chi connectivity index (χ3n) is 4.88. The number of fused-ring (bicyclic) bond motifs is 1. The van der Waals surface area contributed by atoms with Gasteiger partial charge in [0, 0.05) is 23.0 Å². The van der Waals surface area contributed by atoms with Gasteiger partial charge in [0.25, 0.3) is 5.91 Å². The Morgan fingerprint density at radius 2 is 1.84 bits per heavy atom. The Balaban J connectivity index is 0.00000141. The van der Waals surface area contributed by atoms with Crippen molar-refractivity contribution in [3.63, 3.8) is 0 Å². The summed E-state index contributed by atoms with van der Waals surface area (Å²) in [4.78, 5) is 14.3. The van der Waals surface area contributed by atoms with E-state index in [9.17, 15) is 18.0 Å². The van der Waals surface area contributed by atoms with Crippen LogP contribution in [0.2, 0.25) is 10.2 Å². The monoisotopic (exact) mass is 547 g/mol. The van der Waals surface area contributed by atoms with Crippen molar-refractivity contribution in [2.24, 2.45) is 0 Å². The fourth-order valence-electron chi connectivity index (χ4n) is 3.39. The van der Waals surface area contributed by atoms with E-state index in [0.717, 1.165) is 6.07 Å². The molecule has 32 heavy (non-hydrogen) atoms. The van der Waals surface area contributed by atoms with Gasteiger partial charge in [-0.3, -0.25) is 4.79 Å². The van der Waals surface area contributed by atoms with Crippen LogP contribution >= 0.6 is 39.1 Å². The van der Waals surface area contributed by atoms with Crippen molar-refractivity contribution in [3.05, 3.63) is 80.3 Å². The molecule has 0 fully saturated rings. The van der Waals surface area contributed by atoms with Gasteiger partial charge in [-0.15, -0.1) is 0 Å². The molecule has 4 nitrogen and oxygen atoms in total. The third-order valence-corrected chi connectivity index (χ3v) is 6.23. The quantitative estimate of drug-likeness (QED) is 0.337. The molecule has 0 N–H and O–H groups in total. The molecular weight excluding hydrogens is 530 g/mol. The van der Waals surface area contributed by atoms with E-state index < -0.39 is 23.4 Å². The lowest BCUT2D eigenvalue weighted by Crippen LogP contribution is -2.38. The highest BCUT2D eigenvalue weighted by Crippen LogP contribution is 2.34. The van der Waals surface area contributed by atoms with E-state index >= 15 is 0 Å². The zero-order valence-electron chi connectivity index (χ0n) is 17.2. The molecule has 0 saturated carbocycles. The highest BCUT2D eigenvalue weighted by molar-refractivity contribution is 9.08. The van der Waals surface area contributed by atoms with Gasteiger partial charge in [0.05, 0.1) is 17.3 Å². The van der Waals surface area contributed by atoms with Gasteiger partial charge >= 0.3 is 0 Å². The number of carbonyl (C=O) groups is 1. The van der Waals surface area contributed by atoms with E-state index in [1.807, 2.05) is 13.8 Å². The summed E-state index contributed by atoms with van der Waals surface area (Å²) >= 11 is 15.6. The molecule has 1 aliphatic heterocycles. The number of rotatable bonds is 4. The Morgan fingerprint density at radius 3 is 2.53 bits per heavy atom. The SMILES string of the molecule is CC.O=C1c2nn(Cc3cccc(F)c3F)c(Cl)c2CCN1c1cc(CBr)cc(Cl)c1F. The topological polar surface area (TPSA) is 38.1 Å². The molecule has 0 saturated heterocycles. The van der Waals surface area contributed by atoms with Gasteiger partial charge in [-0.1, -0.05) is 65.1 Å². The van der Waals surface area contributed by atoms with Crippen LogP contribution in [0, 0.1) is 17.5 Å². The van der Waals surface area contributed by atoms with Crippen LogP contribution in [0.25, 0.3) is 0 Å². The standard InChI is InChI=1S/C20H13BrCl2F3N3O.C2H6/c21-8-10-6-13(22)17(26)15(7-10)28-5-4-12-18(20(28)30)27-29(19(12)23)9-11-2-1-3-14(24)16(11)25;1-2/h1-3,6-7H,4-5,8-9H2;1-2H3. The predicted octanol–water partition coefficient (Wildman–Crippen LogP) is 6.78. The van der Waals surface area contributed by atoms with E-state index in [4.69, 9.17) is 23.2 Å². The third kappa shape index (κ3) is 4.54. The first-order valence-corrected chi connectivity index (χ1v) is 11.7. The summed E-state index contributed by atoms with van der Waals surface area (Å²) in [5, 5.41) is 4.71. The molecule has 2 heterocycles. The van der Waals surface area contributed by atoms with Gasteiger partial charge < -0.3 is 4.90 Å². The number of alkyl halides is 1. The number of benzene rings is 2. The fraction of sp³-hybridized carbons (Fsp3) is 0.273. The van der Waals surface area contributed by atoms with Crippen LogP contribution in [0.15, 0.2) is 30.3 Å². The minimum atomic E-state index is -1.00. The zero-order valence-corrected chi connectivity index (χ0v) is 20.3. The molecule has 0 unspecified atom stereocenters. The molecular formula is C22H19BrCl2F3N3O. The van der Waals surface area contributed by atoms with Gasteiger partial charge in [-0.05, 0) is 30.2 Å². The van der Waals surface area contributed by atoms with Crippen LogP contribution in [-0.2, 0) is 18.3 Å². The predicted molar refractivity (Wildman–Crippen MR) is 123 cm³/mol. The molecule has 0 atom stereocenters. The van der Waals surface area contributed by atoms with Crippen LogP contribution in [-0.4, -0.2) is 22.2 Å². The highest BCUT2D eigenvalue weighted by atomic mass is 79.9. The summed E-state index contributed by atoms with van der Waals surface area (Å²) in [5.74, 6) is -3.23. The van der Waals surface area contributed by atoms with Crippen LogP contribution < -0.4 is 4.90 Å². The second kappa shape index (κ2) is 10.3. The molecule has 3 aromatic rings. The summed E-state index contributed by atoms with van der Waals surface area (Å²) in [6.07, 6.45) is 0.321. The molecule has 170 valence electrons. The van der Waals surface area contributed by atoms with E-state index in [-0.39, 0.29) is 40.2 Å². The summed E-state index contributed by atoms with van der Waals surface area (Å²) in [5.41, 5.74) is 1.33. The minimum absolute atomic E-state index is 0.0443. The van der Waals surface area contributed by atoms with E-state index in [0.29, 0.717) is 22.9 Å². The first-order valence-electron chi connectivity index (χ1n) is 9.85. The molecule has 2 aromatic carbocycles. The Bertz CT molecular complexity index is 1170. The smallest absolute Gasteiger partial charge is 0.279 e. The second-order valence-corrected chi connectivity index (χ2v) is 8.07. The molecule has 0 bridgehead atoms. The first-order chi connectivity index (χ1) is 15.3. The average molecular weight is 549 g/mol. The molecule has 0 radical (unpaired) electrons. The zero-order chi connectivity index (χ0) is 23.6. The largest absolute Gasteiger partial charge is 0.304 e. The molecule has 0 spiro atoms.